The third-order valence-electron chi connectivity index (χ3n) is 5.21. The average molecular weight is 385 g/mol. The zero-order valence-electron chi connectivity index (χ0n) is 17.1. The number of hydrogen-bond acceptors (Lipinski definition) is 4. The van der Waals surface area contributed by atoms with Crippen LogP contribution in [0.4, 0.5) is 0 Å². The van der Waals surface area contributed by atoms with E-state index in [9.17, 15) is 5.11 Å². The van der Waals surface area contributed by atoms with Gasteiger partial charge < -0.3 is 20.2 Å². The van der Waals surface area contributed by atoms with Gasteiger partial charge in [-0.2, -0.15) is 0 Å². The van der Waals surface area contributed by atoms with Gasteiger partial charge in [-0.05, 0) is 44.9 Å². The van der Waals surface area contributed by atoms with Crippen molar-refractivity contribution in [3.05, 3.63) is 60.1 Å². The molecule has 3 N–H and O–H groups in total. The van der Waals surface area contributed by atoms with Crippen molar-refractivity contribution in [2.45, 2.75) is 51.4 Å². The van der Waals surface area contributed by atoms with Gasteiger partial charge >= 0.3 is 0 Å². The first-order valence-corrected chi connectivity index (χ1v) is 10.1. The van der Waals surface area contributed by atoms with Crippen LogP contribution in [0, 0.1) is 0 Å². The van der Waals surface area contributed by atoms with E-state index in [2.05, 4.69) is 57.8 Å². The molecule has 0 bridgehead atoms. The lowest BCUT2D eigenvalue weighted by Crippen LogP contribution is -2.45. The smallest absolute Gasteiger partial charge is 0.191 e. The van der Waals surface area contributed by atoms with Crippen molar-refractivity contribution in [3.8, 4) is 0 Å². The van der Waals surface area contributed by atoms with Gasteiger partial charge in [-0.25, -0.2) is 4.99 Å². The monoisotopic (exact) mass is 384 g/mol. The molecular formula is C22H32N4O2. The number of nitrogens with one attached hydrogen (secondary N) is 2. The lowest BCUT2D eigenvalue weighted by Gasteiger charge is -2.22. The second-order valence-electron chi connectivity index (χ2n) is 7.79. The highest BCUT2D eigenvalue weighted by molar-refractivity contribution is 5.80. The Labute approximate surface area is 167 Å². The van der Waals surface area contributed by atoms with Gasteiger partial charge in [-0.15, -0.1) is 0 Å². The van der Waals surface area contributed by atoms with Gasteiger partial charge in [0, 0.05) is 31.7 Å². The Morgan fingerprint density at radius 2 is 2.07 bits per heavy atom. The number of aliphatic hydroxyl groups is 1. The van der Waals surface area contributed by atoms with E-state index in [1.165, 1.54) is 5.56 Å². The maximum Gasteiger partial charge on any atom is 0.191 e. The second-order valence-corrected chi connectivity index (χ2v) is 7.79. The van der Waals surface area contributed by atoms with E-state index in [1.807, 2.05) is 6.92 Å². The number of likely N-dealkylation sites (tertiary alicyclic amines) is 1. The minimum Gasteiger partial charge on any atom is -0.466 e. The van der Waals surface area contributed by atoms with E-state index in [4.69, 9.17) is 4.42 Å². The maximum atomic E-state index is 10.6. The normalized spacial score (nSPS) is 22.8. The Morgan fingerprint density at radius 1 is 1.29 bits per heavy atom. The van der Waals surface area contributed by atoms with E-state index in [0.29, 0.717) is 17.8 Å². The highest BCUT2D eigenvalue weighted by Crippen LogP contribution is 2.22. The standard InChI is InChI=1S/C22H32N4O2/c1-4-23-21(24-16-22(3,27)20-11-8-12-28-20)25-19-13-17(2)26(15-19)14-18-9-6-5-7-10-18/h5-12,17,19,27H,4,13-16H2,1-3H3,(H2,23,24,25). The summed E-state index contributed by atoms with van der Waals surface area (Å²) in [5.41, 5.74) is 0.207. The lowest BCUT2D eigenvalue weighted by atomic mass is 10.0. The molecule has 2 aromatic rings. The van der Waals surface area contributed by atoms with Crippen LogP contribution in [0.1, 0.15) is 38.5 Å². The van der Waals surface area contributed by atoms with Crippen LogP contribution >= 0.6 is 0 Å². The fourth-order valence-corrected chi connectivity index (χ4v) is 3.65. The molecule has 1 aromatic carbocycles. The zero-order chi connectivity index (χ0) is 20.0. The van der Waals surface area contributed by atoms with Gasteiger partial charge in [-0.3, -0.25) is 4.90 Å². The second kappa shape index (κ2) is 9.26. The predicted molar refractivity (Wildman–Crippen MR) is 112 cm³/mol. The van der Waals surface area contributed by atoms with Crippen LogP contribution < -0.4 is 10.6 Å². The number of furan rings is 1. The summed E-state index contributed by atoms with van der Waals surface area (Å²) in [5.74, 6) is 1.25. The van der Waals surface area contributed by atoms with Crippen LogP contribution in [-0.2, 0) is 12.1 Å². The summed E-state index contributed by atoms with van der Waals surface area (Å²) < 4.78 is 5.34. The molecule has 6 nitrogen and oxygen atoms in total. The molecule has 6 heteroatoms. The molecular weight excluding hydrogens is 352 g/mol. The molecule has 0 radical (unpaired) electrons. The average Bonchev–Trinajstić information content (AvgIpc) is 3.32. The molecule has 0 saturated carbocycles. The Morgan fingerprint density at radius 3 is 2.75 bits per heavy atom. The zero-order valence-corrected chi connectivity index (χ0v) is 17.1. The van der Waals surface area contributed by atoms with Gasteiger partial charge in [0.25, 0.3) is 0 Å². The minimum atomic E-state index is -1.13. The molecule has 3 rings (SSSR count). The van der Waals surface area contributed by atoms with E-state index in [1.54, 1.807) is 25.3 Å². The molecule has 2 heterocycles. The highest BCUT2D eigenvalue weighted by atomic mass is 16.4. The predicted octanol–water partition coefficient (Wildman–Crippen LogP) is 2.71. The number of nitrogens with zero attached hydrogens (tertiary/aromatic N) is 2. The van der Waals surface area contributed by atoms with Crippen molar-refractivity contribution < 1.29 is 9.52 Å². The van der Waals surface area contributed by atoms with Crippen LogP contribution in [-0.4, -0.2) is 47.7 Å². The van der Waals surface area contributed by atoms with Crippen molar-refractivity contribution in [2.24, 2.45) is 4.99 Å². The molecule has 0 amide bonds. The van der Waals surface area contributed by atoms with Crippen molar-refractivity contribution in [1.82, 2.24) is 15.5 Å². The van der Waals surface area contributed by atoms with Crippen LogP contribution in [0.15, 0.2) is 58.1 Å². The fraction of sp³-hybridized carbons (Fsp3) is 0.500. The number of aliphatic imine (C=N–C) groups is 1. The van der Waals surface area contributed by atoms with Gasteiger partial charge in [-0.1, -0.05) is 30.3 Å². The first-order chi connectivity index (χ1) is 13.5. The Balaban J connectivity index is 1.59. The third-order valence-corrected chi connectivity index (χ3v) is 5.21. The van der Waals surface area contributed by atoms with Gasteiger partial charge in [0.2, 0.25) is 0 Å². The van der Waals surface area contributed by atoms with Crippen LogP contribution in [0.5, 0.6) is 0 Å². The van der Waals surface area contributed by atoms with Crippen molar-refractivity contribution in [2.75, 3.05) is 19.6 Å². The summed E-state index contributed by atoms with van der Waals surface area (Å²) in [6, 6.07) is 15.0. The fourth-order valence-electron chi connectivity index (χ4n) is 3.65. The van der Waals surface area contributed by atoms with E-state index < -0.39 is 5.60 Å². The Kier molecular flexibility index (Phi) is 6.75. The Bertz CT molecular complexity index is 743. The minimum absolute atomic E-state index is 0.228. The van der Waals surface area contributed by atoms with E-state index in [-0.39, 0.29) is 6.54 Å². The number of hydrogen-bond donors (Lipinski definition) is 3. The topological polar surface area (TPSA) is 73.0 Å². The molecule has 1 aliphatic heterocycles. The summed E-state index contributed by atoms with van der Waals surface area (Å²) in [7, 11) is 0. The van der Waals surface area contributed by atoms with E-state index in [0.717, 1.165) is 32.0 Å². The molecule has 3 unspecified atom stereocenters. The largest absolute Gasteiger partial charge is 0.466 e. The molecule has 28 heavy (non-hydrogen) atoms. The molecule has 0 aliphatic carbocycles. The summed E-state index contributed by atoms with van der Waals surface area (Å²) in [6.45, 7) is 8.96. The third kappa shape index (κ3) is 5.36. The van der Waals surface area contributed by atoms with Gasteiger partial charge in [0.05, 0.1) is 12.8 Å². The number of guanidine groups is 1. The first kappa shape index (κ1) is 20.4. The molecule has 3 atom stereocenters. The summed E-state index contributed by atoms with van der Waals surface area (Å²) >= 11 is 0. The highest BCUT2D eigenvalue weighted by Gasteiger charge is 2.30. The molecule has 1 aliphatic rings. The molecule has 1 fully saturated rings. The molecule has 0 spiro atoms. The SMILES string of the molecule is CCNC(=NCC(C)(O)c1ccco1)NC1CC(C)N(Cc2ccccc2)C1. The van der Waals surface area contributed by atoms with Crippen molar-refractivity contribution in [1.29, 1.82) is 0 Å². The maximum absolute atomic E-state index is 10.6. The lowest BCUT2D eigenvalue weighted by molar-refractivity contribution is 0.0436. The van der Waals surface area contributed by atoms with Crippen LogP contribution in [0.25, 0.3) is 0 Å². The van der Waals surface area contributed by atoms with Crippen molar-refractivity contribution >= 4 is 5.96 Å². The number of rotatable bonds is 7. The van der Waals surface area contributed by atoms with Gasteiger partial charge in [0.15, 0.2) is 5.96 Å². The van der Waals surface area contributed by atoms with Gasteiger partial charge in [0.1, 0.15) is 11.4 Å². The van der Waals surface area contributed by atoms with E-state index >= 15 is 0 Å². The molecule has 1 aromatic heterocycles. The number of benzene rings is 1. The summed E-state index contributed by atoms with van der Waals surface area (Å²) in [5, 5.41) is 17.5. The quantitative estimate of drug-likeness (QED) is 0.506. The Hall–Kier alpha value is -2.31. The molecule has 1 saturated heterocycles. The summed E-state index contributed by atoms with van der Waals surface area (Å²) in [6.07, 6.45) is 2.63. The van der Waals surface area contributed by atoms with Crippen molar-refractivity contribution in [3.63, 3.8) is 0 Å². The van der Waals surface area contributed by atoms with Crippen LogP contribution in [0.3, 0.4) is 0 Å². The van der Waals surface area contributed by atoms with Crippen LogP contribution in [0.2, 0.25) is 0 Å². The summed E-state index contributed by atoms with van der Waals surface area (Å²) in [4.78, 5) is 7.10. The molecule has 152 valence electrons. The first-order valence-electron chi connectivity index (χ1n) is 10.1.